The molecule has 0 aliphatic rings. The van der Waals surface area contributed by atoms with Crippen molar-refractivity contribution in [1.82, 2.24) is 15.1 Å². The van der Waals surface area contributed by atoms with Gasteiger partial charge in [0.25, 0.3) is 0 Å². The van der Waals surface area contributed by atoms with E-state index in [2.05, 4.69) is 49.7 Å². The van der Waals surface area contributed by atoms with E-state index in [-0.39, 0.29) is 0 Å². The normalized spacial score (nSPS) is 11.3. The lowest BCUT2D eigenvalue weighted by Crippen LogP contribution is -2.27. The number of hydrogen-bond acceptors (Lipinski definition) is 2. The first-order valence-electron chi connectivity index (χ1n) is 5.82. The van der Waals surface area contributed by atoms with Gasteiger partial charge in [-0.05, 0) is 25.8 Å². The van der Waals surface area contributed by atoms with E-state index in [4.69, 9.17) is 0 Å². The summed E-state index contributed by atoms with van der Waals surface area (Å²) in [4.78, 5) is 0. The Bertz CT molecular complexity index is 313. The average molecular weight is 209 g/mol. The highest BCUT2D eigenvalue weighted by molar-refractivity contribution is 5.24. The van der Waals surface area contributed by atoms with Gasteiger partial charge in [0, 0.05) is 18.3 Å². The Hall–Kier alpha value is -0.830. The van der Waals surface area contributed by atoms with Crippen molar-refractivity contribution < 1.29 is 0 Å². The van der Waals surface area contributed by atoms with Crippen molar-refractivity contribution >= 4 is 0 Å². The van der Waals surface area contributed by atoms with E-state index in [0.717, 1.165) is 19.5 Å². The molecule has 3 heteroatoms. The first-order chi connectivity index (χ1) is 7.06. The van der Waals surface area contributed by atoms with E-state index in [9.17, 15) is 0 Å². The molecule has 0 bridgehead atoms. The Morgan fingerprint density at radius 2 is 2.00 bits per heavy atom. The average Bonchev–Trinajstić information content (AvgIpc) is 2.41. The van der Waals surface area contributed by atoms with Crippen molar-refractivity contribution in [2.24, 2.45) is 0 Å². The number of nitrogens with zero attached hydrogens (tertiary/aromatic N) is 2. The summed E-state index contributed by atoms with van der Waals surface area (Å²) < 4.78 is 2.11. The number of nitrogens with one attached hydrogen (secondary N) is 1. The van der Waals surface area contributed by atoms with E-state index < -0.39 is 0 Å². The van der Waals surface area contributed by atoms with Crippen LogP contribution in [0.1, 0.15) is 37.7 Å². The first-order valence-corrected chi connectivity index (χ1v) is 5.82. The van der Waals surface area contributed by atoms with Crippen LogP contribution in [-0.4, -0.2) is 22.4 Å². The van der Waals surface area contributed by atoms with E-state index >= 15 is 0 Å². The Balaban J connectivity index is 2.62. The zero-order chi connectivity index (χ0) is 11.4. The van der Waals surface area contributed by atoms with E-state index in [0.29, 0.717) is 6.04 Å². The van der Waals surface area contributed by atoms with Crippen LogP contribution in [0.5, 0.6) is 0 Å². The summed E-state index contributed by atoms with van der Waals surface area (Å²) in [5.74, 6) is 0. The molecule has 0 aliphatic carbocycles. The molecule has 3 nitrogen and oxygen atoms in total. The van der Waals surface area contributed by atoms with Crippen molar-refractivity contribution in [2.45, 2.75) is 53.6 Å². The molecule has 1 heterocycles. The molecule has 0 fully saturated rings. The Morgan fingerprint density at radius 3 is 2.47 bits per heavy atom. The van der Waals surface area contributed by atoms with Crippen molar-refractivity contribution in [3.63, 3.8) is 0 Å². The third-order valence-electron chi connectivity index (χ3n) is 2.76. The van der Waals surface area contributed by atoms with Gasteiger partial charge in [-0.3, -0.25) is 4.68 Å². The molecule has 15 heavy (non-hydrogen) atoms. The molecule has 1 N–H and O–H groups in total. The molecular formula is C12H23N3. The molecule has 0 saturated carbocycles. The number of aryl methyl sites for hydroxylation is 1. The van der Waals surface area contributed by atoms with Gasteiger partial charge in [-0.2, -0.15) is 5.10 Å². The second kappa shape index (κ2) is 5.31. The van der Waals surface area contributed by atoms with Gasteiger partial charge in [-0.15, -0.1) is 0 Å². The number of aromatic nitrogens is 2. The van der Waals surface area contributed by atoms with Gasteiger partial charge < -0.3 is 5.32 Å². The van der Waals surface area contributed by atoms with E-state index in [1.54, 1.807) is 0 Å². The summed E-state index contributed by atoms with van der Waals surface area (Å²) in [6, 6.07) is 0.549. The lowest BCUT2D eigenvalue weighted by molar-refractivity contribution is 0.507. The van der Waals surface area contributed by atoms with E-state index in [1.807, 2.05) is 0 Å². The van der Waals surface area contributed by atoms with Gasteiger partial charge in [0.05, 0.1) is 12.2 Å². The Labute approximate surface area is 92.9 Å². The van der Waals surface area contributed by atoms with Gasteiger partial charge in [0.2, 0.25) is 0 Å². The Morgan fingerprint density at radius 1 is 1.33 bits per heavy atom. The molecule has 0 spiro atoms. The van der Waals surface area contributed by atoms with Crippen LogP contribution < -0.4 is 5.32 Å². The first kappa shape index (κ1) is 12.2. The second-order valence-corrected chi connectivity index (χ2v) is 4.33. The third kappa shape index (κ3) is 3.06. The van der Waals surface area contributed by atoms with Gasteiger partial charge in [-0.1, -0.05) is 20.8 Å². The third-order valence-corrected chi connectivity index (χ3v) is 2.76. The fourth-order valence-electron chi connectivity index (χ4n) is 1.92. The molecule has 0 radical (unpaired) electrons. The van der Waals surface area contributed by atoms with Gasteiger partial charge in [0.15, 0.2) is 0 Å². The predicted octanol–water partition coefficient (Wildman–Crippen LogP) is 2.06. The number of rotatable bonds is 5. The number of hydrogen-bond donors (Lipinski definition) is 1. The van der Waals surface area contributed by atoms with Crippen LogP contribution in [-0.2, 0) is 13.0 Å². The summed E-state index contributed by atoms with van der Waals surface area (Å²) in [5.41, 5.74) is 3.90. The lowest BCUT2D eigenvalue weighted by Gasteiger charge is -2.09. The molecule has 1 rings (SSSR count). The van der Waals surface area contributed by atoms with Crippen LogP contribution >= 0.6 is 0 Å². The summed E-state index contributed by atoms with van der Waals surface area (Å²) in [7, 11) is 0. The standard InChI is InChI=1S/C12H23N3/c1-6-12-10(4)14-15(11(12)5)8-7-13-9(2)3/h9,13H,6-8H2,1-5H3. The van der Waals surface area contributed by atoms with Crippen molar-refractivity contribution in [3.8, 4) is 0 Å². The molecular weight excluding hydrogens is 186 g/mol. The van der Waals surface area contributed by atoms with Crippen molar-refractivity contribution in [3.05, 3.63) is 17.0 Å². The maximum Gasteiger partial charge on any atom is 0.0628 e. The SMILES string of the molecule is CCc1c(C)nn(CCNC(C)C)c1C. The minimum atomic E-state index is 0.549. The molecule has 0 amide bonds. The summed E-state index contributed by atoms with van der Waals surface area (Å²) in [5, 5.41) is 7.96. The zero-order valence-electron chi connectivity index (χ0n) is 10.6. The van der Waals surface area contributed by atoms with Crippen LogP contribution in [0.3, 0.4) is 0 Å². The molecule has 0 atom stereocenters. The van der Waals surface area contributed by atoms with Crippen LogP contribution in [0, 0.1) is 13.8 Å². The smallest absolute Gasteiger partial charge is 0.0628 e. The Kier molecular flexibility index (Phi) is 4.33. The zero-order valence-corrected chi connectivity index (χ0v) is 10.6. The predicted molar refractivity (Wildman–Crippen MR) is 64.2 cm³/mol. The maximum absolute atomic E-state index is 4.55. The quantitative estimate of drug-likeness (QED) is 0.804. The van der Waals surface area contributed by atoms with E-state index in [1.165, 1.54) is 17.0 Å². The topological polar surface area (TPSA) is 29.9 Å². The highest BCUT2D eigenvalue weighted by Crippen LogP contribution is 2.12. The second-order valence-electron chi connectivity index (χ2n) is 4.33. The molecule has 1 aromatic heterocycles. The summed E-state index contributed by atoms with van der Waals surface area (Å²) >= 11 is 0. The molecule has 86 valence electrons. The van der Waals surface area contributed by atoms with Crippen LogP contribution in [0.15, 0.2) is 0 Å². The summed E-state index contributed by atoms with van der Waals surface area (Å²) in [6.45, 7) is 12.7. The van der Waals surface area contributed by atoms with Crippen LogP contribution in [0.2, 0.25) is 0 Å². The monoisotopic (exact) mass is 209 g/mol. The van der Waals surface area contributed by atoms with Crippen LogP contribution in [0.25, 0.3) is 0 Å². The molecule has 0 aliphatic heterocycles. The highest BCUT2D eigenvalue weighted by Gasteiger charge is 2.08. The minimum Gasteiger partial charge on any atom is -0.313 e. The molecule has 0 aromatic carbocycles. The fraction of sp³-hybridized carbons (Fsp3) is 0.750. The molecule has 1 aromatic rings. The lowest BCUT2D eigenvalue weighted by atomic mass is 10.1. The fourth-order valence-corrected chi connectivity index (χ4v) is 1.92. The van der Waals surface area contributed by atoms with Crippen LogP contribution in [0.4, 0.5) is 0 Å². The van der Waals surface area contributed by atoms with Gasteiger partial charge in [-0.25, -0.2) is 0 Å². The highest BCUT2D eigenvalue weighted by atomic mass is 15.3. The summed E-state index contributed by atoms with van der Waals surface area (Å²) in [6.07, 6.45) is 1.08. The molecule has 0 unspecified atom stereocenters. The van der Waals surface area contributed by atoms with Crippen molar-refractivity contribution in [2.75, 3.05) is 6.54 Å². The maximum atomic E-state index is 4.55. The minimum absolute atomic E-state index is 0.549. The largest absolute Gasteiger partial charge is 0.313 e. The molecule has 0 saturated heterocycles. The van der Waals surface area contributed by atoms with Gasteiger partial charge >= 0.3 is 0 Å². The van der Waals surface area contributed by atoms with Crippen molar-refractivity contribution in [1.29, 1.82) is 0 Å². The van der Waals surface area contributed by atoms with Gasteiger partial charge in [0.1, 0.15) is 0 Å².